The Balaban J connectivity index is 1.70. The van der Waals surface area contributed by atoms with E-state index in [1.165, 1.54) is 6.07 Å². The highest BCUT2D eigenvalue weighted by Crippen LogP contribution is 2.17. The molecule has 1 aliphatic heterocycles. The maximum Gasteiger partial charge on any atom is 0.252 e. The van der Waals surface area contributed by atoms with Gasteiger partial charge in [0.2, 0.25) is 5.56 Å². The van der Waals surface area contributed by atoms with Crippen molar-refractivity contribution in [3.8, 4) is 0 Å². The average Bonchev–Trinajstić information content (AvgIpc) is 2.61. The molecule has 2 aromatic rings. The Morgan fingerprint density at radius 1 is 1.36 bits per heavy atom. The van der Waals surface area contributed by atoms with Gasteiger partial charge >= 0.3 is 0 Å². The van der Waals surface area contributed by atoms with Gasteiger partial charge in [-0.2, -0.15) is 0 Å². The molecule has 0 bridgehead atoms. The Morgan fingerprint density at radius 3 is 3.00 bits per heavy atom. The minimum atomic E-state index is -0.280. The van der Waals surface area contributed by atoms with E-state index in [1.807, 2.05) is 25.1 Å². The van der Waals surface area contributed by atoms with Crippen molar-refractivity contribution in [2.24, 2.45) is 0 Å². The monoisotopic (exact) mass is 343 g/mol. The number of hydrogen-bond donors (Lipinski definition) is 3. The fourth-order valence-corrected chi connectivity index (χ4v) is 3.52. The number of rotatable bonds is 5. The van der Waals surface area contributed by atoms with Crippen LogP contribution >= 0.6 is 0 Å². The van der Waals surface area contributed by atoms with Crippen LogP contribution in [0.25, 0.3) is 10.9 Å². The molecule has 0 aliphatic carbocycles. The summed E-state index contributed by atoms with van der Waals surface area (Å²) < 4.78 is 0. The smallest absolute Gasteiger partial charge is 0.252 e. The molecule has 3 rings (SSSR count). The molecule has 0 saturated carbocycles. The fraction of sp³-hybridized carbons (Fsp3) is 0.474. The van der Waals surface area contributed by atoms with Crippen molar-refractivity contribution < 1.29 is 9.90 Å². The molecule has 1 aromatic heterocycles. The zero-order chi connectivity index (χ0) is 17.8. The van der Waals surface area contributed by atoms with Gasteiger partial charge in [0.25, 0.3) is 5.91 Å². The molecule has 1 saturated heterocycles. The van der Waals surface area contributed by atoms with Gasteiger partial charge in [-0.05, 0) is 38.4 Å². The highest BCUT2D eigenvalue weighted by atomic mass is 16.3. The maximum atomic E-state index is 12.6. The third-order valence-corrected chi connectivity index (χ3v) is 4.89. The van der Waals surface area contributed by atoms with Crippen LogP contribution in [0.4, 0.5) is 0 Å². The lowest BCUT2D eigenvalue weighted by molar-refractivity contribution is 0.0850. The largest absolute Gasteiger partial charge is 0.395 e. The number of hydrogen-bond acceptors (Lipinski definition) is 4. The van der Waals surface area contributed by atoms with Crippen molar-refractivity contribution in [3.05, 3.63) is 45.7 Å². The molecule has 1 atom stereocenters. The SMILES string of the molecule is Cc1ccc2[nH]c(=O)cc(C(=O)NCCN3CCCC[C@H]3CO)c2c1. The van der Waals surface area contributed by atoms with Gasteiger partial charge in [0.15, 0.2) is 0 Å². The highest BCUT2D eigenvalue weighted by Gasteiger charge is 2.21. The summed E-state index contributed by atoms with van der Waals surface area (Å²) in [5.74, 6) is -0.237. The van der Waals surface area contributed by atoms with Gasteiger partial charge in [0.05, 0.1) is 12.2 Å². The van der Waals surface area contributed by atoms with Crippen molar-refractivity contribution in [3.63, 3.8) is 0 Å². The van der Waals surface area contributed by atoms with Crippen molar-refractivity contribution in [2.45, 2.75) is 32.2 Å². The van der Waals surface area contributed by atoms with Crippen LogP contribution in [0.5, 0.6) is 0 Å². The van der Waals surface area contributed by atoms with Crippen LogP contribution < -0.4 is 10.9 Å². The fourth-order valence-electron chi connectivity index (χ4n) is 3.52. The third-order valence-electron chi connectivity index (χ3n) is 4.89. The second-order valence-electron chi connectivity index (χ2n) is 6.72. The second-order valence-corrected chi connectivity index (χ2v) is 6.72. The minimum absolute atomic E-state index is 0.159. The molecule has 1 aromatic carbocycles. The predicted molar refractivity (Wildman–Crippen MR) is 97.9 cm³/mol. The molecule has 1 aliphatic rings. The number of H-pyrrole nitrogens is 1. The molecular weight excluding hydrogens is 318 g/mol. The summed E-state index contributed by atoms with van der Waals surface area (Å²) in [7, 11) is 0. The van der Waals surface area contributed by atoms with Gasteiger partial charge in [0.1, 0.15) is 0 Å². The molecule has 25 heavy (non-hydrogen) atoms. The number of benzene rings is 1. The van der Waals surface area contributed by atoms with E-state index in [9.17, 15) is 14.7 Å². The first-order valence-electron chi connectivity index (χ1n) is 8.85. The molecule has 3 N–H and O–H groups in total. The van der Waals surface area contributed by atoms with Gasteiger partial charge in [-0.25, -0.2) is 0 Å². The number of aliphatic hydroxyl groups is 1. The lowest BCUT2D eigenvalue weighted by Gasteiger charge is -2.34. The van der Waals surface area contributed by atoms with E-state index in [-0.39, 0.29) is 24.1 Å². The molecule has 2 heterocycles. The van der Waals surface area contributed by atoms with Crippen LogP contribution in [0.2, 0.25) is 0 Å². The Bertz CT molecular complexity index is 815. The number of fused-ring (bicyclic) bond motifs is 1. The van der Waals surface area contributed by atoms with E-state index in [0.717, 1.165) is 36.8 Å². The number of nitrogens with zero attached hydrogens (tertiary/aromatic N) is 1. The summed E-state index contributed by atoms with van der Waals surface area (Å²) >= 11 is 0. The van der Waals surface area contributed by atoms with Gasteiger partial charge in [-0.1, -0.05) is 18.1 Å². The highest BCUT2D eigenvalue weighted by molar-refractivity contribution is 6.06. The number of aliphatic hydroxyl groups excluding tert-OH is 1. The van der Waals surface area contributed by atoms with E-state index in [4.69, 9.17) is 0 Å². The molecule has 1 fully saturated rings. The molecule has 6 heteroatoms. The van der Waals surface area contributed by atoms with Crippen molar-refractivity contribution >= 4 is 16.8 Å². The molecular formula is C19H25N3O3. The van der Waals surface area contributed by atoms with Gasteiger partial charge in [-0.3, -0.25) is 14.5 Å². The number of likely N-dealkylation sites (tertiary alicyclic amines) is 1. The summed E-state index contributed by atoms with van der Waals surface area (Å²) in [5.41, 5.74) is 1.82. The number of aryl methyl sites for hydroxylation is 1. The normalized spacial score (nSPS) is 18.4. The molecule has 0 spiro atoms. The molecule has 134 valence electrons. The Labute approximate surface area is 146 Å². The van der Waals surface area contributed by atoms with Crippen LogP contribution in [0.15, 0.2) is 29.1 Å². The van der Waals surface area contributed by atoms with Crippen LogP contribution in [-0.2, 0) is 0 Å². The standard InChI is InChI=1S/C19H25N3O3/c1-13-5-6-17-15(10-13)16(11-18(24)21-17)19(25)20-7-9-22-8-3-2-4-14(22)12-23/h5-6,10-11,14,23H,2-4,7-9,12H2,1H3,(H,20,25)(H,21,24)/t14-/m0/s1. The van der Waals surface area contributed by atoms with E-state index < -0.39 is 0 Å². The van der Waals surface area contributed by atoms with E-state index >= 15 is 0 Å². The summed E-state index contributed by atoms with van der Waals surface area (Å²) in [6, 6.07) is 7.18. The number of aromatic nitrogens is 1. The summed E-state index contributed by atoms with van der Waals surface area (Å²) in [6.45, 7) is 4.27. The number of piperidine rings is 1. The van der Waals surface area contributed by atoms with Crippen LogP contribution in [0, 0.1) is 6.92 Å². The van der Waals surface area contributed by atoms with E-state index in [2.05, 4.69) is 15.2 Å². The number of amides is 1. The summed E-state index contributed by atoms with van der Waals surface area (Å²) in [4.78, 5) is 29.4. The Hall–Kier alpha value is -2.18. The molecule has 0 radical (unpaired) electrons. The second kappa shape index (κ2) is 7.80. The van der Waals surface area contributed by atoms with Gasteiger partial charge < -0.3 is 15.4 Å². The van der Waals surface area contributed by atoms with E-state index in [1.54, 1.807) is 0 Å². The number of carbonyl (C=O) groups is 1. The Morgan fingerprint density at radius 2 is 2.20 bits per heavy atom. The number of pyridine rings is 1. The number of carbonyl (C=O) groups excluding carboxylic acids is 1. The quantitative estimate of drug-likeness (QED) is 0.766. The maximum absolute atomic E-state index is 12.6. The predicted octanol–water partition coefficient (Wildman–Crippen LogP) is 1.41. The lowest BCUT2D eigenvalue weighted by Crippen LogP contribution is -2.45. The van der Waals surface area contributed by atoms with Crippen LogP contribution in [0.3, 0.4) is 0 Å². The van der Waals surface area contributed by atoms with Gasteiger partial charge in [-0.15, -0.1) is 0 Å². The first-order valence-corrected chi connectivity index (χ1v) is 8.85. The summed E-state index contributed by atoms with van der Waals surface area (Å²) in [5, 5.41) is 13.1. The number of nitrogens with one attached hydrogen (secondary N) is 2. The number of aromatic amines is 1. The summed E-state index contributed by atoms with van der Waals surface area (Å²) in [6.07, 6.45) is 3.27. The molecule has 6 nitrogen and oxygen atoms in total. The average molecular weight is 343 g/mol. The Kier molecular flexibility index (Phi) is 5.50. The van der Waals surface area contributed by atoms with Crippen molar-refractivity contribution in [1.29, 1.82) is 0 Å². The van der Waals surface area contributed by atoms with Crippen molar-refractivity contribution in [1.82, 2.24) is 15.2 Å². The molecule has 1 amide bonds. The van der Waals surface area contributed by atoms with Crippen LogP contribution in [0.1, 0.15) is 35.2 Å². The zero-order valence-corrected chi connectivity index (χ0v) is 14.5. The first kappa shape index (κ1) is 17.6. The third kappa shape index (κ3) is 4.08. The minimum Gasteiger partial charge on any atom is -0.395 e. The van der Waals surface area contributed by atoms with Crippen LogP contribution in [-0.4, -0.2) is 53.2 Å². The zero-order valence-electron chi connectivity index (χ0n) is 14.5. The molecule has 0 unspecified atom stereocenters. The topological polar surface area (TPSA) is 85.4 Å². The lowest BCUT2D eigenvalue weighted by atomic mass is 10.0. The van der Waals surface area contributed by atoms with Crippen molar-refractivity contribution in [2.75, 3.05) is 26.2 Å². The van der Waals surface area contributed by atoms with Gasteiger partial charge in [0, 0.05) is 36.1 Å². The van der Waals surface area contributed by atoms with E-state index in [0.29, 0.717) is 24.2 Å². The first-order chi connectivity index (χ1) is 12.1.